The fourth-order valence-corrected chi connectivity index (χ4v) is 3.04. The van der Waals surface area contributed by atoms with Crippen LogP contribution >= 0.6 is 15.9 Å². The van der Waals surface area contributed by atoms with Crippen molar-refractivity contribution in [3.05, 3.63) is 28.2 Å². The summed E-state index contributed by atoms with van der Waals surface area (Å²) in [4.78, 5) is 14.3. The van der Waals surface area contributed by atoms with E-state index in [2.05, 4.69) is 46.9 Å². The molecule has 0 bridgehead atoms. The van der Waals surface area contributed by atoms with Gasteiger partial charge in [-0.2, -0.15) is 0 Å². The number of ether oxygens (including phenoxy) is 1. The van der Waals surface area contributed by atoms with Crippen molar-refractivity contribution in [3.8, 4) is 5.75 Å². The van der Waals surface area contributed by atoms with Gasteiger partial charge >= 0.3 is 0 Å². The normalized spacial score (nSPS) is 12.3. The van der Waals surface area contributed by atoms with Gasteiger partial charge in [0.15, 0.2) is 0 Å². The van der Waals surface area contributed by atoms with Gasteiger partial charge in [-0.05, 0) is 60.1 Å². The molecule has 22 heavy (non-hydrogen) atoms. The highest BCUT2D eigenvalue weighted by molar-refractivity contribution is 9.10. The molecule has 1 N–H and O–H groups in total. The summed E-state index contributed by atoms with van der Waals surface area (Å²) in [7, 11) is 1.64. The lowest BCUT2D eigenvalue weighted by Gasteiger charge is -2.26. The smallest absolute Gasteiger partial charge is 0.220 e. The van der Waals surface area contributed by atoms with E-state index in [9.17, 15) is 4.79 Å². The average molecular weight is 371 g/mol. The Morgan fingerprint density at radius 2 is 2.05 bits per heavy atom. The number of halogens is 1. The Morgan fingerprint density at radius 3 is 2.59 bits per heavy atom. The molecule has 0 saturated heterocycles. The summed E-state index contributed by atoms with van der Waals surface area (Å²) < 4.78 is 6.12. The summed E-state index contributed by atoms with van der Waals surface area (Å²) >= 11 is 3.46. The number of hydrogen-bond donors (Lipinski definition) is 1. The van der Waals surface area contributed by atoms with Gasteiger partial charge in [0.1, 0.15) is 5.75 Å². The van der Waals surface area contributed by atoms with E-state index in [0.29, 0.717) is 19.0 Å². The number of rotatable bonds is 9. The first-order valence-electron chi connectivity index (χ1n) is 7.84. The van der Waals surface area contributed by atoms with Crippen molar-refractivity contribution in [2.24, 2.45) is 0 Å². The number of hydrogen-bond acceptors (Lipinski definition) is 3. The third kappa shape index (κ3) is 5.97. The highest BCUT2D eigenvalue weighted by Gasteiger charge is 2.11. The third-order valence-corrected chi connectivity index (χ3v) is 4.51. The van der Waals surface area contributed by atoms with Crippen LogP contribution in [-0.2, 0) is 11.2 Å². The zero-order valence-corrected chi connectivity index (χ0v) is 15.6. The zero-order chi connectivity index (χ0) is 16.5. The molecule has 0 aliphatic heterocycles. The maximum atomic E-state index is 12.0. The molecule has 5 heteroatoms. The third-order valence-electron chi connectivity index (χ3n) is 3.89. The molecule has 4 nitrogen and oxygen atoms in total. The summed E-state index contributed by atoms with van der Waals surface area (Å²) in [6.07, 6.45) is 1.23. The number of benzene rings is 1. The predicted molar refractivity (Wildman–Crippen MR) is 94.4 cm³/mol. The van der Waals surface area contributed by atoms with E-state index in [-0.39, 0.29) is 5.91 Å². The molecule has 0 aliphatic rings. The van der Waals surface area contributed by atoms with Gasteiger partial charge in [-0.3, -0.25) is 9.69 Å². The summed E-state index contributed by atoms with van der Waals surface area (Å²) in [6, 6.07) is 6.29. The monoisotopic (exact) mass is 370 g/mol. The van der Waals surface area contributed by atoms with Crippen LogP contribution in [0.2, 0.25) is 0 Å². The van der Waals surface area contributed by atoms with Gasteiger partial charge < -0.3 is 10.1 Å². The fourth-order valence-electron chi connectivity index (χ4n) is 2.45. The number of carbonyl (C=O) groups is 1. The first kappa shape index (κ1) is 19.0. The Labute approximate surface area is 142 Å². The number of likely N-dealkylation sites (N-methyl/N-ethyl adjacent to an activating group) is 1. The van der Waals surface area contributed by atoms with E-state index in [0.717, 1.165) is 35.3 Å². The topological polar surface area (TPSA) is 41.6 Å². The van der Waals surface area contributed by atoms with Crippen molar-refractivity contribution in [1.82, 2.24) is 10.2 Å². The largest absolute Gasteiger partial charge is 0.496 e. The number of methoxy groups -OCH3 is 1. The minimum Gasteiger partial charge on any atom is -0.496 e. The summed E-state index contributed by atoms with van der Waals surface area (Å²) in [5.41, 5.74) is 1.12. The quantitative estimate of drug-likeness (QED) is 0.725. The molecule has 0 aromatic heterocycles. The van der Waals surface area contributed by atoms with Crippen LogP contribution in [0.4, 0.5) is 0 Å². The van der Waals surface area contributed by atoms with Crippen molar-refractivity contribution in [2.45, 2.75) is 39.7 Å². The molecule has 124 valence electrons. The van der Waals surface area contributed by atoms with Crippen molar-refractivity contribution < 1.29 is 9.53 Å². The highest BCUT2D eigenvalue weighted by atomic mass is 79.9. The lowest BCUT2D eigenvalue weighted by Crippen LogP contribution is -2.42. The van der Waals surface area contributed by atoms with Gasteiger partial charge in [-0.1, -0.05) is 19.9 Å². The zero-order valence-electron chi connectivity index (χ0n) is 14.0. The van der Waals surface area contributed by atoms with E-state index in [1.807, 2.05) is 18.2 Å². The van der Waals surface area contributed by atoms with Gasteiger partial charge in [0.2, 0.25) is 5.91 Å². The van der Waals surface area contributed by atoms with Crippen LogP contribution in [0.3, 0.4) is 0 Å². The first-order chi connectivity index (χ1) is 10.5. The van der Waals surface area contributed by atoms with Gasteiger partial charge in [0.25, 0.3) is 0 Å². The van der Waals surface area contributed by atoms with E-state index in [4.69, 9.17) is 4.74 Å². The Morgan fingerprint density at radius 1 is 1.36 bits per heavy atom. The first-order valence-corrected chi connectivity index (χ1v) is 8.64. The minimum absolute atomic E-state index is 0.103. The van der Waals surface area contributed by atoms with Crippen molar-refractivity contribution in [1.29, 1.82) is 0 Å². The molecule has 0 radical (unpaired) electrons. The van der Waals surface area contributed by atoms with Crippen LogP contribution in [0.1, 0.15) is 32.8 Å². The van der Waals surface area contributed by atoms with Crippen molar-refractivity contribution in [3.63, 3.8) is 0 Å². The molecule has 1 atom stereocenters. The van der Waals surface area contributed by atoms with Crippen LogP contribution in [0, 0.1) is 0 Å². The summed E-state index contributed by atoms with van der Waals surface area (Å²) in [5.74, 6) is 0.909. The average Bonchev–Trinajstić information content (AvgIpc) is 2.52. The molecule has 1 rings (SSSR count). The van der Waals surface area contributed by atoms with Gasteiger partial charge in [-0.15, -0.1) is 0 Å². The molecule has 1 amide bonds. The SMILES string of the molecule is CCN(CC)C(C)CNC(=O)CCc1ccc(OC)c(Br)c1. The second kappa shape index (κ2) is 9.85. The van der Waals surface area contributed by atoms with E-state index < -0.39 is 0 Å². The van der Waals surface area contributed by atoms with Crippen LogP contribution in [0.15, 0.2) is 22.7 Å². The van der Waals surface area contributed by atoms with Crippen LogP contribution in [0.5, 0.6) is 5.75 Å². The molecule has 1 aromatic rings. The van der Waals surface area contributed by atoms with Gasteiger partial charge in [-0.25, -0.2) is 0 Å². The Balaban J connectivity index is 2.38. The minimum atomic E-state index is 0.103. The molecule has 0 aliphatic carbocycles. The molecule has 0 spiro atoms. The predicted octanol–water partition coefficient (Wildman–Crippen LogP) is 3.24. The Kier molecular flexibility index (Phi) is 8.49. The highest BCUT2D eigenvalue weighted by Crippen LogP contribution is 2.25. The van der Waals surface area contributed by atoms with E-state index in [1.165, 1.54) is 0 Å². The Bertz CT molecular complexity index is 476. The van der Waals surface area contributed by atoms with Crippen molar-refractivity contribution >= 4 is 21.8 Å². The van der Waals surface area contributed by atoms with Crippen molar-refractivity contribution in [2.75, 3.05) is 26.7 Å². The second-order valence-corrected chi connectivity index (χ2v) is 6.20. The number of nitrogens with zero attached hydrogens (tertiary/aromatic N) is 1. The number of aryl methyl sites for hydroxylation is 1. The molecule has 0 fully saturated rings. The maximum Gasteiger partial charge on any atom is 0.220 e. The molecule has 0 heterocycles. The standard InChI is InChI=1S/C17H27BrN2O2/c1-5-20(6-2)13(3)12-19-17(21)10-8-14-7-9-16(22-4)15(18)11-14/h7,9,11,13H,5-6,8,10,12H2,1-4H3,(H,19,21). The number of amides is 1. The number of carbonyl (C=O) groups excluding carboxylic acids is 1. The van der Waals surface area contributed by atoms with Gasteiger partial charge in [0.05, 0.1) is 11.6 Å². The molecule has 1 aromatic carbocycles. The summed E-state index contributed by atoms with van der Waals surface area (Å²) in [5, 5.41) is 3.02. The second-order valence-electron chi connectivity index (χ2n) is 5.34. The molecule has 1 unspecified atom stereocenters. The lowest BCUT2D eigenvalue weighted by molar-refractivity contribution is -0.121. The molecular weight excluding hydrogens is 344 g/mol. The molecule has 0 saturated carbocycles. The van der Waals surface area contributed by atoms with E-state index in [1.54, 1.807) is 7.11 Å². The van der Waals surface area contributed by atoms with Gasteiger partial charge in [0, 0.05) is 19.0 Å². The summed E-state index contributed by atoms with van der Waals surface area (Å²) in [6.45, 7) is 9.15. The van der Waals surface area contributed by atoms with Crippen LogP contribution in [0.25, 0.3) is 0 Å². The van der Waals surface area contributed by atoms with Crippen LogP contribution < -0.4 is 10.1 Å². The fraction of sp³-hybridized carbons (Fsp3) is 0.588. The van der Waals surface area contributed by atoms with E-state index >= 15 is 0 Å². The van der Waals surface area contributed by atoms with Crippen LogP contribution in [-0.4, -0.2) is 43.6 Å². The lowest BCUT2D eigenvalue weighted by atomic mass is 10.1. The molecular formula is C17H27BrN2O2. The maximum absolute atomic E-state index is 12.0. The Hall–Kier alpha value is -1.07. The number of nitrogens with one attached hydrogen (secondary N) is 1.